The van der Waals surface area contributed by atoms with Crippen LogP contribution in [-0.2, 0) is 6.42 Å². The van der Waals surface area contributed by atoms with Crippen LogP contribution in [0, 0.1) is 8.70 Å². The summed E-state index contributed by atoms with van der Waals surface area (Å²) in [6.07, 6.45) is 0.766. The zero-order valence-corrected chi connectivity index (χ0v) is 14.3. The molecular formula is C13H12BrFINS. The maximum atomic E-state index is 13.3. The number of nitrogens with one attached hydrogen (secondary N) is 1. The average molecular weight is 440 g/mol. The van der Waals surface area contributed by atoms with Crippen molar-refractivity contribution in [3.8, 4) is 0 Å². The van der Waals surface area contributed by atoms with E-state index in [1.807, 2.05) is 7.05 Å². The van der Waals surface area contributed by atoms with E-state index in [1.165, 1.54) is 14.5 Å². The van der Waals surface area contributed by atoms with E-state index in [9.17, 15) is 4.39 Å². The topological polar surface area (TPSA) is 12.0 Å². The van der Waals surface area contributed by atoms with E-state index in [4.69, 9.17) is 0 Å². The number of rotatable bonds is 4. The highest BCUT2D eigenvalue weighted by Crippen LogP contribution is 2.27. The lowest BCUT2D eigenvalue weighted by molar-refractivity contribution is 0.584. The Balaban J connectivity index is 2.22. The van der Waals surface area contributed by atoms with Crippen LogP contribution in [-0.4, -0.2) is 7.05 Å². The molecule has 1 nitrogen and oxygen atoms in total. The van der Waals surface area contributed by atoms with Gasteiger partial charge in [0.25, 0.3) is 0 Å². The molecule has 1 unspecified atom stereocenters. The molecule has 1 heterocycles. The van der Waals surface area contributed by atoms with Gasteiger partial charge in [0.15, 0.2) is 0 Å². The molecule has 0 aliphatic rings. The number of thiophene rings is 1. The van der Waals surface area contributed by atoms with Crippen LogP contribution in [0.3, 0.4) is 0 Å². The summed E-state index contributed by atoms with van der Waals surface area (Å²) in [6.45, 7) is 0. The van der Waals surface area contributed by atoms with E-state index in [-0.39, 0.29) is 11.9 Å². The van der Waals surface area contributed by atoms with Crippen molar-refractivity contribution in [2.75, 3.05) is 7.05 Å². The standard InChI is InChI=1S/C13H12BrFINS/c1-17-12(9-6-13(16)18-7-9)5-8-4-10(15)2-3-11(8)14/h2-4,6-7,12,17H,5H2,1H3. The Bertz CT molecular complexity index is 544. The molecule has 0 saturated heterocycles. The summed E-state index contributed by atoms with van der Waals surface area (Å²) in [5.74, 6) is -0.192. The van der Waals surface area contributed by atoms with Crippen molar-refractivity contribution >= 4 is 49.9 Å². The van der Waals surface area contributed by atoms with E-state index >= 15 is 0 Å². The molecule has 0 aliphatic carbocycles. The van der Waals surface area contributed by atoms with Gasteiger partial charge in [-0.15, -0.1) is 11.3 Å². The zero-order chi connectivity index (χ0) is 13.1. The van der Waals surface area contributed by atoms with Crippen molar-refractivity contribution in [2.45, 2.75) is 12.5 Å². The van der Waals surface area contributed by atoms with Crippen molar-refractivity contribution in [1.29, 1.82) is 0 Å². The Labute approximate surface area is 132 Å². The molecule has 0 radical (unpaired) electrons. The lowest BCUT2D eigenvalue weighted by Crippen LogP contribution is -2.18. The first-order valence-electron chi connectivity index (χ1n) is 5.45. The molecule has 0 fully saturated rings. The third-order valence-electron chi connectivity index (χ3n) is 2.77. The molecule has 0 amide bonds. The number of likely N-dealkylation sites (N-methyl/N-ethyl adjacent to an activating group) is 1. The number of benzene rings is 1. The van der Waals surface area contributed by atoms with Crippen LogP contribution in [0.15, 0.2) is 34.1 Å². The van der Waals surface area contributed by atoms with Gasteiger partial charge in [0, 0.05) is 10.5 Å². The van der Waals surface area contributed by atoms with Gasteiger partial charge in [-0.2, -0.15) is 0 Å². The Morgan fingerprint density at radius 1 is 1.44 bits per heavy atom. The van der Waals surface area contributed by atoms with Gasteiger partial charge in [-0.25, -0.2) is 4.39 Å². The van der Waals surface area contributed by atoms with E-state index in [0.29, 0.717) is 0 Å². The van der Waals surface area contributed by atoms with Gasteiger partial charge in [0.2, 0.25) is 0 Å². The van der Waals surface area contributed by atoms with Crippen LogP contribution < -0.4 is 5.32 Å². The number of hydrogen-bond acceptors (Lipinski definition) is 2. The van der Waals surface area contributed by atoms with E-state index < -0.39 is 0 Å². The van der Waals surface area contributed by atoms with Gasteiger partial charge < -0.3 is 5.32 Å². The zero-order valence-electron chi connectivity index (χ0n) is 9.71. The van der Waals surface area contributed by atoms with Crippen LogP contribution in [0.4, 0.5) is 4.39 Å². The second-order valence-corrected chi connectivity index (χ2v) is 7.63. The molecule has 0 aliphatic heterocycles. The van der Waals surface area contributed by atoms with E-state index in [2.05, 4.69) is 55.3 Å². The van der Waals surface area contributed by atoms with Crippen molar-refractivity contribution < 1.29 is 4.39 Å². The molecule has 96 valence electrons. The lowest BCUT2D eigenvalue weighted by atomic mass is 10.0. The van der Waals surface area contributed by atoms with Crippen LogP contribution in [0.2, 0.25) is 0 Å². The first-order chi connectivity index (χ1) is 8.60. The van der Waals surface area contributed by atoms with Crippen LogP contribution in [0.5, 0.6) is 0 Å². The predicted octanol–water partition coefficient (Wildman–Crippen LogP) is 4.76. The fraction of sp³-hybridized carbons (Fsp3) is 0.231. The molecule has 1 aromatic carbocycles. The highest BCUT2D eigenvalue weighted by Gasteiger charge is 2.14. The lowest BCUT2D eigenvalue weighted by Gasteiger charge is -2.16. The smallest absolute Gasteiger partial charge is 0.123 e. The summed E-state index contributed by atoms with van der Waals surface area (Å²) < 4.78 is 15.5. The Hall–Kier alpha value is 0.0200. The molecule has 0 spiro atoms. The predicted molar refractivity (Wildman–Crippen MR) is 86.6 cm³/mol. The summed E-state index contributed by atoms with van der Waals surface area (Å²) in [6, 6.07) is 7.19. The largest absolute Gasteiger partial charge is 0.313 e. The molecule has 2 aromatic rings. The Kier molecular flexibility index (Phi) is 5.17. The van der Waals surface area contributed by atoms with Gasteiger partial charge in [0.1, 0.15) is 5.82 Å². The minimum Gasteiger partial charge on any atom is -0.313 e. The maximum absolute atomic E-state index is 13.3. The molecule has 1 N–H and O–H groups in total. The summed E-state index contributed by atoms with van der Waals surface area (Å²) in [5, 5.41) is 5.44. The van der Waals surface area contributed by atoms with Gasteiger partial charge in [-0.05, 0) is 76.8 Å². The highest BCUT2D eigenvalue weighted by molar-refractivity contribution is 14.1. The fourth-order valence-corrected chi connectivity index (χ4v) is 3.65. The van der Waals surface area contributed by atoms with Crippen LogP contribution >= 0.6 is 49.9 Å². The van der Waals surface area contributed by atoms with Gasteiger partial charge in [0.05, 0.1) is 2.88 Å². The van der Waals surface area contributed by atoms with E-state index in [1.54, 1.807) is 23.5 Å². The first-order valence-corrected chi connectivity index (χ1v) is 8.20. The van der Waals surface area contributed by atoms with Crippen LogP contribution in [0.1, 0.15) is 17.2 Å². The number of halogens is 3. The van der Waals surface area contributed by atoms with Crippen LogP contribution in [0.25, 0.3) is 0 Å². The first kappa shape index (κ1) is 14.4. The molecule has 18 heavy (non-hydrogen) atoms. The quantitative estimate of drug-likeness (QED) is 0.677. The SMILES string of the molecule is CNC(Cc1cc(F)ccc1Br)c1csc(I)c1. The molecule has 1 aromatic heterocycles. The summed E-state index contributed by atoms with van der Waals surface area (Å²) in [7, 11) is 1.93. The molecule has 0 saturated carbocycles. The summed E-state index contributed by atoms with van der Waals surface area (Å²) in [4.78, 5) is 0. The molecule has 1 atom stereocenters. The van der Waals surface area contributed by atoms with Crippen molar-refractivity contribution in [1.82, 2.24) is 5.32 Å². The second kappa shape index (κ2) is 6.45. The maximum Gasteiger partial charge on any atom is 0.123 e. The third kappa shape index (κ3) is 3.53. The molecule has 2 rings (SSSR count). The Morgan fingerprint density at radius 3 is 2.83 bits per heavy atom. The average Bonchev–Trinajstić information content (AvgIpc) is 2.77. The van der Waals surface area contributed by atoms with Crippen molar-refractivity contribution in [3.05, 3.63) is 53.9 Å². The van der Waals surface area contributed by atoms with Crippen molar-refractivity contribution in [2.24, 2.45) is 0 Å². The fourth-order valence-electron chi connectivity index (χ4n) is 1.81. The van der Waals surface area contributed by atoms with E-state index in [0.717, 1.165) is 16.5 Å². The number of hydrogen-bond donors (Lipinski definition) is 1. The van der Waals surface area contributed by atoms with Gasteiger partial charge >= 0.3 is 0 Å². The highest BCUT2D eigenvalue weighted by atomic mass is 127. The second-order valence-electron chi connectivity index (χ2n) is 3.97. The molecule has 0 bridgehead atoms. The summed E-state index contributed by atoms with van der Waals surface area (Å²) in [5.41, 5.74) is 2.23. The minimum atomic E-state index is -0.192. The molecular weight excluding hydrogens is 428 g/mol. The summed E-state index contributed by atoms with van der Waals surface area (Å²) >= 11 is 7.51. The minimum absolute atomic E-state index is 0.192. The van der Waals surface area contributed by atoms with Crippen molar-refractivity contribution in [3.63, 3.8) is 0 Å². The van der Waals surface area contributed by atoms with Gasteiger partial charge in [-0.3, -0.25) is 0 Å². The Morgan fingerprint density at radius 2 is 2.22 bits per heavy atom. The third-order valence-corrected chi connectivity index (χ3v) is 5.35. The van der Waals surface area contributed by atoms with Gasteiger partial charge in [-0.1, -0.05) is 15.9 Å². The monoisotopic (exact) mass is 439 g/mol. The normalized spacial score (nSPS) is 12.7. The molecule has 5 heteroatoms.